The van der Waals surface area contributed by atoms with Crippen molar-refractivity contribution in [2.45, 2.75) is 32.7 Å². The van der Waals surface area contributed by atoms with Crippen molar-refractivity contribution < 1.29 is 4.79 Å². The Morgan fingerprint density at radius 3 is 2.53 bits per heavy atom. The molecule has 0 radical (unpaired) electrons. The highest BCUT2D eigenvalue weighted by Gasteiger charge is 2.32. The minimum absolute atomic E-state index is 0.332. The lowest BCUT2D eigenvalue weighted by Gasteiger charge is -2.30. The van der Waals surface area contributed by atoms with Gasteiger partial charge in [0, 0.05) is 10.2 Å². The molecule has 3 nitrogen and oxygen atoms in total. The van der Waals surface area contributed by atoms with Crippen LogP contribution in [0.15, 0.2) is 28.7 Å². The molecule has 1 amide bonds. The zero-order chi connectivity index (χ0) is 13.1. The summed E-state index contributed by atoms with van der Waals surface area (Å²) in [6.45, 7) is 5.99. The molecule has 0 aliphatic carbocycles. The van der Waals surface area contributed by atoms with Crippen molar-refractivity contribution in [2.75, 3.05) is 5.32 Å². The zero-order valence-corrected chi connectivity index (χ0v) is 12.0. The first-order valence-corrected chi connectivity index (χ1v) is 6.47. The number of benzene rings is 1. The van der Waals surface area contributed by atoms with Gasteiger partial charge in [-0.25, -0.2) is 0 Å². The van der Waals surface area contributed by atoms with E-state index in [2.05, 4.69) is 35.1 Å². The number of hydrogen-bond donors (Lipinski definition) is 2. The predicted molar refractivity (Wildman–Crippen MR) is 74.8 cm³/mol. The van der Waals surface area contributed by atoms with Crippen LogP contribution in [0.1, 0.15) is 27.2 Å². The van der Waals surface area contributed by atoms with Crippen LogP contribution in [0.25, 0.3) is 0 Å². The monoisotopic (exact) mass is 298 g/mol. The number of hydrogen-bond acceptors (Lipinski definition) is 2. The molecule has 0 spiro atoms. The van der Waals surface area contributed by atoms with E-state index in [1.165, 1.54) is 0 Å². The van der Waals surface area contributed by atoms with Gasteiger partial charge in [-0.1, -0.05) is 26.0 Å². The molecule has 1 aromatic carbocycles. The largest absolute Gasteiger partial charge is 0.371 e. The molecule has 3 N–H and O–H groups in total. The van der Waals surface area contributed by atoms with Crippen molar-refractivity contribution in [1.29, 1.82) is 0 Å². The number of carbonyl (C=O) groups excluding carboxylic acids is 1. The van der Waals surface area contributed by atoms with Gasteiger partial charge in [-0.3, -0.25) is 4.79 Å². The average molecular weight is 299 g/mol. The summed E-state index contributed by atoms with van der Waals surface area (Å²) in [4.78, 5) is 11.6. The Morgan fingerprint density at radius 2 is 2.06 bits per heavy atom. The summed E-state index contributed by atoms with van der Waals surface area (Å²) in [5.74, 6) is 0.0597. The minimum Gasteiger partial charge on any atom is -0.371 e. The van der Waals surface area contributed by atoms with E-state index >= 15 is 0 Å². The fourth-order valence-corrected chi connectivity index (χ4v) is 2.27. The maximum atomic E-state index is 11.6. The predicted octanol–water partition coefficient (Wildman–Crippen LogP) is 3.15. The Morgan fingerprint density at radius 1 is 1.47 bits per heavy atom. The number of rotatable bonds is 5. The van der Waals surface area contributed by atoms with Crippen LogP contribution in [0, 0.1) is 5.92 Å². The van der Waals surface area contributed by atoms with Gasteiger partial charge in [0.15, 0.2) is 0 Å². The van der Waals surface area contributed by atoms with Crippen LogP contribution in [0.2, 0.25) is 0 Å². The Bertz CT molecular complexity index is 406. The van der Waals surface area contributed by atoms with E-state index < -0.39 is 5.54 Å². The van der Waals surface area contributed by atoms with Gasteiger partial charge in [0.2, 0.25) is 5.91 Å². The molecule has 1 unspecified atom stereocenters. The molecule has 1 aromatic rings. The first kappa shape index (κ1) is 14.0. The van der Waals surface area contributed by atoms with Crippen molar-refractivity contribution in [3.05, 3.63) is 28.7 Å². The van der Waals surface area contributed by atoms with E-state index in [-0.39, 0.29) is 5.91 Å². The van der Waals surface area contributed by atoms with Crippen molar-refractivity contribution in [1.82, 2.24) is 0 Å². The maximum absolute atomic E-state index is 11.6. The third-order valence-electron chi connectivity index (χ3n) is 2.64. The molecule has 0 saturated heterocycles. The molecule has 4 heteroatoms. The summed E-state index contributed by atoms with van der Waals surface area (Å²) < 4.78 is 0.927. The summed E-state index contributed by atoms with van der Waals surface area (Å²) in [5, 5.41) is 3.23. The van der Waals surface area contributed by atoms with Gasteiger partial charge in [0.1, 0.15) is 5.54 Å². The van der Waals surface area contributed by atoms with E-state index in [0.29, 0.717) is 12.3 Å². The van der Waals surface area contributed by atoms with Crippen molar-refractivity contribution in [2.24, 2.45) is 11.7 Å². The highest BCUT2D eigenvalue weighted by Crippen LogP contribution is 2.27. The second-order valence-corrected chi connectivity index (χ2v) is 5.75. The molecule has 0 aliphatic rings. The highest BCUT2D eigenvalue weighted by molar-refractivity contribution is 9.10. The van der Waals surface area contributed by atoms with Crippen molar-refractivity contribution in [3.63, 3.8) is 0 Å². The van der Waals surface area contributed by atoms with Crippen molar-refractivity contribution in [3.8, 4) is 0 Å². The first-order valence-electron chi connectivity index (χ1n) is 5.68. The minimum atomic E-state index is -0.724. The summed E-state index contributed by atoms with van der Waals surface area (Å²) in [6.07, 6.45) is 0.698. The van der Waals surface area contributed by atoms with Gasteiger partial charge in [0.05, 0.1) is 0 Å². The van der Waals surface area contributed by atoms with Gasteiger partial charge < -0.3 is 11.1 Å². The number of carbonyl (C=O) groups is 1. The molecule has 1 rings (SSSR count). The maximum Gasteiger partial charge on any atom is 0.242 e. The average Bonchev–Trinajstić information content (AvgIpc) is 2.20. The molecule has 0 saturated carbocycles. The van der Waals surface area contributed by atoms with E-state index in [0.717, 1.165) is 10.2 Å². The van der Waals surface area contributed by atoms with Crippen LogP contribution in [-0.4, -0.2) is 11.4 Å². The van der Waals surface area contributed by atoms with E-state index in [9.17, 15) is 4.79 Å². The third-order valence-corrected chi connectivity index (χ3v) is 3.34. The normalized spacial score (nSPS) is 14.4. The molecular weight excluding hydrogens is 280 g/mol. The van der Waals surface area contributed by atoms with Crippen molar-refractivity contribution >= 4 is 27.5 Å². The summed E-state index contributed by atoms with van der Waals surface area (Å²) in [6, 6.07) is 7.70. The van der Waals surface area contributed by atoms with Gasteiger partial charge in [0.25, 0.3) is 0 Å². The van der Waals surface area contributed by atoms with Crippen LogP contribution >= 0.6 is 15.9 Å². The molecule has 0 aromatic heterocycles. The number of halogens is 1. The van der Waals surface area contributed by atoms with Crippen LogP contribution < -0.4 is 11.1 Å². The Hall–Kier alpha value is -1.03. The SMILES string of the molecule is CC(C)CC(C)(Nc1ccccc1Br)C(N)=O. The van der Waals surface area contributed by atoms with Crippen LogP contribution in [0.5, 0.6) is 0 Å². The fourth-order valence-electron chi connectivity index (χ4n) is 1.89. The van der Waals surface area contributed by atoms with Gasteiger partial charge in [-0.05, 0) is 47.3 Å². The molecular formula is C13H19BrN2O. The zero-order valence-electron chi connectivity index (χ0n) is 10.5. The lowest BCUT2D eigenvalue weighted by atomic mass is 9.89. The number of para-hydroxylation sites is 1. The second kappa shape index (κ2) is 5.54. The van der Waals surface area contributed by atoms with Crippen LogP contribution in [-0.2, 0) is 4.79 Å². The number of anilines is 1. The van der Waals surface area contributed by atoms with Gasteiger partial charge in [-0.2, -0.15) is 0 Å². The molecule has 0 fully saturated rings. The van der Waals surface area contributed by atoms with Crippen LogP contribution in [0.3, 0.4) is 0 Å². The van der Waals surface area contributed by atoms with Gasteiger partial charge in [-0.15, -0.1) is 0 Å². The molecule has 1 atom stereocenters. The lowest BCUT2D eigenvalue weighted by Crippen LogP contribution is -2.48. The molecule has 0 heterocycles. The second-order valence-electron chi connectivity index (χ2n) is 4.90. The third kappa shape index (κ3) is 3.73. The highest BCUT2D eigenvalue weighted by atomic mass is 79.9. The Balaban J connectivity index is 2.95. The van der Waals surface area contributed by atoms with E-state index in [4.69, 9.17) is 5.73 Å². The molecule has 94 valence electrons. The Kier molecular flexibility index (Phi) is 4.57. The van der Waals surface area contributed by atoms with E-state index in [1.54, 1.807) is 0 Å². The molecule has 17 heavy (non-hydrogen) atoms. The topological polar surface area (TPSA) is 55.1 Å². The standard InChI is InChI=1S/C13H19BrN2O/c1-9(2)8-13(3,12(15)17)16-11-7-5-4-6-10(11)14/h4-7,9,16H,8H2,1-3H3,(H2,15,17). The molecule has 0 aliphatic heterocycles. The summed E-state index contributed by atoms with van der Waals surface area (Å²) in [5.41, 5.74) is 5.66. The summed E-state index contributed by atoms with van der Waals surface area (Å²) >= 11 is 3.45. The smallest absolute Gasteiger partial charge is 0.242 e. The quantitative estimate of drug-likeness (QED) is 0.877. The first-order chi connectivity index (χ1) is 7.85. The van der Waals surface area contributed by atoms with E-state index in [1.807, 2.05) is 31.2 Å². The number of nitrogens with one attached hydrogen (secondary N) is 1. The Labute approximate surface area is 111 Å². The number of nitrogens with two attached hydrogens (primary N) is 1. The number of amides is 1. The lowest BCUT2D eigenvalue weighted by molar-refractivity contribution is -0.122. The molecule has 0 bridgehead atoms. The number of primary amides is 1. The van der Waals surface area contributed by atoms with Gasteiger partial charge >= 0.3 is 0 Å². The van der Waals surface area contributed by atoms with Crippen LogP contribution in [0.4, 0.5) is 5.69 Å². The fraction of sp³-hybridized carbons (Fsp3) is 0.462. The summed E-state index contributed by atoms with van der Waals surface area (Å²) in [7, 11) is 0.